The second-order valence-electron chi connectivity index (χ2n) is 16.4. The third-order valence-corrected chi connectivity index (χ3v) is 14.1. The first kappa shape index (κ1) is 35.7. The van der Waals surface area contributed by atoms with Crippen molar-refractivity contribution < 1.29 is 4.42 Å². The van der Waals surface area contributed by atoms with Crippen molar-refractivity contribution in [2.45, 2.75) is 0 Å². The molecule has 2 heterocycles. The fourth-order valence-corrected chi connectivity index (χ4v) is 11.2. The van der Waals surface area contributed by atoms with Gasteiger partial charge in [-0.25, -0.2) is 0 Å². The van der Waals surface area contributed by atoms with E-state index in [-0.39, 0.29) is 0 Å². The van der Waals surface area contributed by atoms with Crippen LogP contribution in [0.15, 0.2) is 229 Å². The van der Waals surface area contributed by atoms with Gasteiger partial charge in [-0.15, -0.1) is 11.3 Å². The molecule has 3 heteroatoms. The maximum absolute atomic E-state index is 6.34. The van der Waals surface area contributed by atoms with Crippen LogP contribution in [0.3, 0.4) is 0 Å². The number of hydrogen-bond acceptors (Lipinski definition) is 3. The Bertz CT molecular complexity index is 4030. The monoisotopic (exact) mass is 819 g/mol. The topological polar surface area (TPSA) is 16.4 Å². The van der Waals surface area contributed by atoms with Crippen LogP contribution in [-0.2, 0) is 0 Å². The molecule has 0 N–H and O–H groups in total. The number of fused-ring (bicyclic) bond motifs is 17. The normalized spacial score (nSPS) is 11.8. The Morgan fingerprint density at radius 2 is 0.730 bits per heavy atom. The Labute approximate surface area is 367 Å². The minimum atomic E-state index is 0.877. The summed E-state index contributed by atoms with van der Waals surface area (Å²) in [5.74, 6) is 0. The lowest BCUT2D eigenvalue weighted by atomic mass is 9.93. The second kappa shape index (κ2) is 14.3. The van der Waals surface area contributed by atoms with Crippen molar-refractivity contribution in [1.82, 2.24) is 0 Å². The number of thiophene rings is 1. The van der Waals surface area contributed by atoms with E-state index in [1.165, 1.54) is 85.2 Å². The molecule has 13 aromatic rings. The predicted octanol–water partition coefficient (Wildman–Crippen LogP) is 18.0. The van der Waals surface area contributed by atoms with Crippen LogP contribution in [0, 0.1) is 0 Å². The summed E-state index contributed by atoms with van der Waals surface area (Å²) in [5, 5.41) is 17.0. The van der Waals surface area contributed by atoms with Gasteiger partial charge in [-0.3, -0.25) is 0 Å². The Kier molecular flexibility index (Phi) is 8.12. The number of nitrogens with zero attached hydrogens (tertiary/aromatic N) is 1. The molecule has 0 saturated carbocycles. The highest BCUT2D eigenvalue weighted by molar-refractivity contribution is 7.26. The smallest absolute Gasteiger partial charge is 0.135 e. The quantitative estimate of drug-likeness (QED) is 0.176. The van der Waals surface area contributed by atoms with Crippen molar-refractivity contribution in [2.75, 3.05) is 4.90 Å². The molecule has 0 fully saturated rings. The summed E-state index contributed by atoms with van der Waals surface area (Å²) in [6, 6.07) is 82.1. The summed E-state index contributed by atoms with van der Waals surface area (Å²) in [6.07, 6.45) is 0. The first-order chi connectivity index (χ1) is 31.2. The molecule has 2 nitrogen and oxygen atoms in total. The summed E-state index contributed by atoms with van der Waals surface area (Å²) in [6.45, 7) is 0. The van der Waals surface area contributed by atoms with Crippen molar-refractivity contribution in [3.8, 4) is 11.1 Å². The van der Waals surface area contributed by atoms with Crippen molar-refractivity contribution in [3.05, 3.63) is 224 Å². The minimum absolute atomic E-state index is 0.877. The molecule has 0 aliphatic heterocycles. The Balaban J connectivity index is 1.18. The highest BCUT2D eigenvalue weighted by atomic mass is 32.1. The van der Waals surface area contributed by atoms with E-state index in [1.807, 2.05) is 23.5 Å². The van der Waals surface area contributed by atoms with Crippen LogP contribution in [-0.4, -0.2) is 0 Å². The summed E-state index contributed by atoms with van der Waals surface area (Å²) < 4.78 is 8.95. The highest BCUT2D eigenvalue weighted by Crippen LogP contribution is 2.46. The lowest BCUT2D eigenvalue weighted by Gasteiger charge is -2.26. The minimum Gasteiger partial charge on any atom is -0.456 e. The number of anilines is 3. The Hall–Kier alpha value is -7.98. The van der Waals surface area contributed by atoms with E-state index in [0.717, 1.165) is 39.0 Å². The molecular weight excluding hydrogens is 783 g/mol. The molecular formula is C60H37NOS. The average Bonchev–Trinajstić information content (AvgIpc) is 3.92. The maximum Gasteiger partial charge on any atom is 0.135 e. The van der Waals surface area contributed by atoms with Crippen molar-refractivity contribution in [1.29, 1.82) is 0 Å². The number of furan rings is 1. The van der Waals surface area contributed by atoms with Crippen LogP contribution < -0.4 is 4.90 Å². The van der Waals surface area contributed by atoms with Gasteiger partial charge in [-0.2, -0.15) is 0 Å². The summed E-state index contributed by atoms with van der Waals surface area (Å²) >= 11 is 1.90. The molecule has 0 bridgehead atoms. The van der Waals surface area contributed by atoms with Crippen LogP contribution >= 0.6 is 11.3 Å². The largest absolute Gasteiger partial charge is 0.456 e. The van der Waals surface area contributed by atoms with Gasteiger partial charge in [0.1, 0.15) is 11.2 Å². The van der Waals surface area contributed by atoms with Gasteiger partial charge in [0.05, 0.1) is 0 Å². The molecule has 294 valence electrons. The fraction of sp³-hybridized carbons (Fsp3) is 0. The molecule has 13 rings (SSSR count). The molecule has 0 aliphatic carbocycles. The van der Waals surface area contributed by atoms with Gasteiger partial charge in [-0.1, -0.05) is 170 Å². The van der Waals surface area contributed by atoms with Gasteiger partial charge >= 0.3 is 0 Å². The lowest BCUT2D eigenvalue weighted by Crippen LogP contribution is -2.09. The zero-order valence-corrected chi connectivity index (χ0v) is 34.9. The predicted molar refractivity (Wildman–Crippen MR) is 272 cm³/mol. The third kappa shape index (κ3) is 5.71. The molecule has 0 radical (unpaired) electrons. The standard InChI is InChI=1S/C60H37NOS/c1-2-14-38(15-3-1)39-26-28-40(29-27-39)61(42-31-35-57-55(37-42)49-21-10-12-24-56(49)62-57)41-30-32-48-52-33-34-53-50-22-11-13-25-58(50)63-60(53)59(52)51-23-9-8-19-46(51)44-17-5-4-16-43(44)45-18-6-7-20-47(45)54(48)36-41/h1-37H. The molecule has 0 aliphatic rings. The van der Waals surface area contributed by atoms with E-state index in [2.05, 4.69) is 217 Å². The zero-order chi connectivity index (χ0) is 41.4. The maximum atomic E-state index is 6.34. The van der Waals surface area contributed by atoms with Crippen LogP contribution in [0.5, 0.6) is 0 Å². The molecule has 0 amide bonds. The van der Waals surface area contributed by atoms with Gasteiger partial charge in [0, 0.05) is 53.4 Å². The highest BCUT2D eigenvalue weighted by Gasteiger charge is 2.19. The summed E-state index contributed by atoms with van der Waals surface area (Å²) in [7, 11) is 0. The van der Waals surface area contributed by atoms with E-state index < -0.39 is 0 Å². The Morgan fingerprint density at radius 3 is 1.44 bits per heavy atom. The Morgan fingerprint density at radius 1 is 0.286 bits per heavy atom. The van der Waals surface area contributed by atoms with E-state index in [4.69, 9.17) is 4.42 Å². The molecule has 0 unspecified atom stereocenters. The average molecular weight is 820 g/mol. The van der Waals surface area contributed by atoms with Crippen LogP contribution in [0.25, 0.3) is 107 Å². The zero-order valence-electron chi connectivity index (χ0n) is 34.1. The van der Waals surface area contributed by atoms with E-state index in [9.17, 15) is 0 Å². The first-order valence-electron chi connectivity index (χ1n) is 21.5. The lowest BCUT2D eigenvalue weighted by molar-refractivity contribution is 0.669. The van der Waals surface area contributed by atoms with Gasteiger partial charge < -0.3 is 9.32 Å². The van der Waals surface area contributed by atoms with Gasteiger partial charge in [0.15, 0.2) is 0 Å². The number of hydrogen-bond donors (Lipinski definition) is 0. The van der Waals surface area contributed by atoms with Crippen LogP contribution in [0.1, 0.15) is 0 Å². The van der Waals surface area contributed by atoms with E-state index in [1.54, 1.807) is 0 Å². The van der Waals surface area contributed by atoms with Crippen LogP contribution in [0.4, 0.5) is 17.1 Å². The van der Waals surface area contributed by atoms with Gasteiger partial charge in [-0.05, 0) is 114 Å². The second-order valence-corrected chi connectivity index (χ2v) is 17.4. The molecule has 63 heavy (non-hydrogen) atoms. The summed E-state index contributed by atoms with van der Waals surface area (Å²) in [5.41, 5.74) is 7.34. The third-order valence-electron chi connectivity index (χ3n) is 12.9. The molecule has 0 saturated heterocycles. The summed E-state index contributed by atoms with van der Waals surface area (Å²) in [4.78, 5) is 2.40. The molecule has 0 spiro atoms. The molecule has 11 aromatic carbocycles. The number of rotatable bonds is 4. The van der Waals surface area contributed by atoms with E-state index in [0.29, 0.717) is 0 Å². The molecule has 2 aromatic heterocycles. The van der Waals surface area contributed by atoms with Crippen molar-refractivity contribution >= 4 is 124 Å². The van der Waals surface area contributed by atoms with Crippen molar-refractivity contribution in [3.63, 3.8) is 0 Å². The van der Waals surface area contributed by atoms with Gasteiger partial charge in [0.25, 0.3) is 0 Å². The van der Waals surface area contributed by atoms with E-state index >= 15 is 0 Å². The molecule has 0 atom stereocenters. The van der Waals surface area contributed by atoms with Crippen molar-refractivity contribution in [2.24, 2.45) is 0 Å². The SMILES string of the molecule is c1ccc(-c2ccc(N(c3ccc4oc5ccccc5c4c3)c3ccc4c(c3)c3ccccc3c3ccccc3c3ccccc3c3c4ccc4c5ccccc5sc43)cc2)cc1. The number of para-hydroxylation sites is 1. The number of benzene rings is 10. The van der Waals surface area contributed by atoms with Crippen LogP contribution in [0.2, 0.25) is 0 Å². The first-order valence-corrected chi connectivity index (χ1v) is 22.3. The fourth-order valence-electron chi connectivity index (χ4n) is 9.99. The van der Waals surface area contributed by atoms with Gasteiger partial charge in [0.2, 0.25) is 0 Å².